The first-order valence-corrected chi connectivity index (χ1v) is 6.46. The largest absolute Gasteiger partial charge is 0.325 e. The van der Waals surface area contributed by atoms with Crippen LogP contribution in [0.2, 0.25) is 0 Å². The number of anilines is 1. The van der Waals surface area contributed by atoms with Gasteiger partial charge in [0.25, 0.3) is 0 Å². The number of nitrogens with one attached hydrogen (secondary N) is 4. The maximum atomic E-state index is 13.0. The first kappa shape index (κ1) is 13.6. The van der Waals surface area contributed by atoms with E-state index in [4.69, 9.17) is 0 Å². The van der Waals surface area contributed by atoms with Crippen LogP contribution in [0, 0.1) is 5.82 Å². The molecule has 1 aromatic carbocycles. The molecule has 21 heavy (non-hydrogen) atoms. The number of carbonyl (C=O) groups excluding carboxylic acids is 1. The fourth-order valence-electron chi connectivity index (χ4n) is 2.18. The summed E-state index contributed by atoms with van der Waals surface area (Å²) in [5.74, 6) is -0.511. The molecule has 1 aromatic heterocycles. The Morgan fingerprint density at radius 1 is 1.10 bits per heavy atom. The van der Waals surface area contributed by atoms with Crippen LogP contribution in [0.15, 0.2) is 48.8 Å². The van der Waals surface area contributed by atoms with Crippen LogP contribution in [0.4, 0.5) is 10.1 Å². The van der Waals surface area contributed by atoms with Gasteiger partial charge in [-0.25, -0.2) is 15.2 Å². The summed E-state index contributed by atoms with van der Waals surface area (Å²) in [5.41, 5.74) is 10.0. The number of aromatic nitrogens is 1. The molecular formula is C14H14FN5O. The molecule has 4 N–H and O–H groups in total. The van der Waals surface area contributed by atoms with E-state index in [1.165, 1.54) is 12.1 Å². The zero-order valence-corrected chi connectivity index (χ0v) is 11.0. The van der Waals surface area contributed by atoms with Crippen molar-refractivity contribution in [1.82, 2.24) is 21.4 Å². The third-order valence-electron chi connectivity index (χ3n) is 3.25. The van der Waals surface area contributed by atoms with Crippen molar-refractivity contribution in [3.05, 3.63) is 60.2 Å². The van der Waals surface area contributed by atoms with Gasteiger partial charge in [0.2, 0.25) is 5.91 Å². The smallest absolute Gasteiger partial charge is 0.244 e. The highest BCUT2D eigenvalue weighted by molar-refractivity contribution is 5.95. The predicted molar refractivity (Wildman–Crippen MR) is 75.2 cm³/mol. The third kappa shape index (κ3) is 3.05. The SMILES string of the molecule is O=C(Nc1ccncc1)C1NNNC1c1ccc(F)cc1. The topological polar surface area (TPSA) is 78.1 Å². The molecule has 7 heteroatoms. The molecular weight excluding hydrogens is 273 g/mol. The molecule has 1 amide bonds. The van der Waals surface area contributed by atoms with Gasteiger partial charge in [0.15, 0.2) is 0 Å². The number of halogens is 1. The molecule has 108 valence electrons. The number of benzene rings is 1. The van der Waals surface area contributed by atoms with Crippen LogP contribution in [0.1, 0.15) is 11.6 Å². The van der Waals surface area contributed by atoms with E-state index in [0.717, 1.165) is 5.56 Å². The third-order valence-corrected chi connectivity index (χ3v) is 3.25. The van der Waals surface area contributed by atoms with E-state index in [9.17, 15) is 9.18 Å². The van der Waals surface area contributed by atoms with Crippen molar-refractivity contribution in [2.45, 2.75) is 12.1 Å². The molecule has 2 heterocycles. The van der Waals surface area contributed by atoms with Gasteiger partial charge in [-0.2, -0.15) is 5.53 Å². The van der Waals surface area contributed by atoms with Crippen molar-refractivity contribution in [1.29, 1.82) is 0 Å². The van der Waals surface area contributed by atoms with Crippen molar-refractivity contribution in [2.24, 2.45) is 0 Å². The summed E-state index contributed by atoms with van der Waals surface area (Å²) in [4.78, 5) is 16.2. The average molecular weight is 287 g/mol. The Kier molecular flexibility index (Phi) is 3.87. The van der Waals surface area contributed by atoms with E-state index in [2.05, 4.69) is 26.7 Å². The van der Waals surface area contributed by atoms with E-state index in [1.54, 1.807) is 36.7 Å². The molecule has 3 rings (SSSR count). The van der Waals surface area contributed by atoms with Crippen LogP contribution < -0.4 is 21.7 Å². The van der Waals surface area contributed by atoms with Crippen LogP contribution in [0.5, 0.6) is 0 Å². The minimum atomic E-state index is -0.524. The summed E-state index contributed by atoms with van der Waals surface area (Å²) in [6.45, 7) is 0. The molecule has 6 nitrogen and oxygen atoms in total. The lowest BCUT2D eigenvalue weighted by molar-refractivity contribution is -0.118. The quantitative estimate of drug-likeness (QED) is 0.674. The molecule has 0 spiro atoms. The van der Waals surface area contributed by atoms with Gasteiger partial charge in [0.05, 0.1) is 6.04 Å². The number of hydrazine groups is 2. The molecule has 0 bridgehead atoms. The maximum Gasteiger partial charge on any atom is 0.244 e. The number of pyridine rings is 1. The second kappa shape index (κ2) is 5.96. The number of rotatable bonds is 3. The molecule has 1 saturated heterocycles. The summed E-state index contributed by atoms with van der Waals surface area (Å²) in [5, 5.41) is 2.80. The normalized spacial score (nSPS) is 21.2. The Morgan fingerprint density at radius 2 is 1.81 bits per heavy atom. The highest BCUT2D eigenvalue weighted by Gasteiger charge is 2.33. The molecule has 2 aromatic rings. The molecule has 2 atom stereocenters. The highest BCUT2D eigenvalue weighted by Crippen LogP contribution is 2.20. The van der Waals surface area contributed by atoms with Gasteiger partial charge in [-0.05, 0) is 29.8 Å². The minimum absolute atomic E-state index is 0.201. The van der Waals surface area contributed by atoms with Gasteiger partial charge in [0, 0.05) is 18.1 Å². The second-order valence-electron chi connectivity index (χ2n) is 4.65. The number of hydrogen-bond acceptors (Lipinski definition) is 5. The molecule has 0 aliphatic carbocycles. The number of amides is 1. The Balaban J connectivity index is 1.74. The van der Waals surface area contributed by atoms with Crippen molar-refractivity contribution < 1.29 is 9.18 Å². The lowest BCUT2D eigenvalue weighted by atomic mass is 10.00. The maximum absolute atomic E-state index is 13.0. The molecule has 1 fully saturated rings. The Hall–Kier alpha value is -2.35. The van der Waals surface area contributed by atoms with Gasteiger partial charge in [-0.3, -0.25) is 9.78 Å². The van der Waals surface area contributed by atoms with E-state index in [1.807, 2.05) is 0 Å². The number of hydrogen-bond donors (Lipinski definition) is 4. The fraction of sp³-hybridized carbons (Fsp3) is 0.143. The zero-order valence-electron chi connectivity index (χ0n) is 11.0. The number of nitrogens with zero attached hydrogens (tertiary/aromatic N) is 1. The average Bonchev–Trinajstić information content (AvgIpc) is 2.98. The zero-order chi connectivity index (χ0) is 14.7. The van der Waals surface area contributed by atoms with Gasteiger partial charge < -0.3 is 5.32 Å². The summed E-state index contributed by atoms with van der Waals surface area (Å²) in [6, 6.07) is 8.63. The molecule has 0 radical (unpaired) electrons. The van der Waals surface area contributed by atoms with Crippen LogP contribution >= 0.6 is 0 Å². The highest BCUT2D eigenvalue weighted by atomic mass is 19.1. The summed E-state index contributed by atoms with van der Waals surface area (Å²) < 4.78 is 13.0. The molecule has 1 aliphatic rings. The van der Waals surface area contributed by atoms with E-state index < -0.39 is 6.04 Å². The van der Waals surface area contributed by atoms with Crippen LogP contribution in [-0.4, -0.2) is 16.9 Å². The van der Waals surface area contributed by atoms with Crippen molar-refractivity contribution >= 4 is 11.6 Å². The van der Waals surface area contributed by atoms with Crippen molar-refractivity contribution in [3.63, 3.8) is 0 Å². The standard InChI is InChI=1S/C14H14FN5O/c15-10-3-1-9(2-4-10)12-13(19-20-18-12)14(21)17-11-5-7-16-8-6-11/h1-8,12-13,18-20H,(H,16,17,21). The summed E-state index contributed by atoms with van der Waals surface area (Å²) >= 11 is 0. The van der Waals surface area contributed by atoms with Crippen LogP contribution in [0.25, 0.3) is 0 Å². The van der Waals surface area contributed by atoms with Gasteiger partial charge in [0.1, 0.15) is 11.9 Å². The first-order valence-electron chi connectivity index (χ1n) is 6.46. The van der Waals surface area contributed by atoms with Gasteiger partial charge >= 0.3 is 0 Å². The monoisotopic (exact) mass is 287 g/mol. The van der Waals surface area contributed by atoms with E-state index in [0.29, 0.717) is 5.69 Å². The molecule has 0 saturated carbocycles. The lowest BCUT2D eigenvalue weighted by Crippen LogP contribution is -2.41. The van der Waals surface area contributed by atoms with Gasteiger partial charge in [-0.1, -0.05) is 12.1 Å². The van der Waals surface area contributed by atoms with E-state index >= 15 is 0 Å². The predicted octanol–water partition coefficient (Wildman–Crippen LogP) is 0.881. The summed E-state index contributed by atoms with van der Waals surface area (Å²) in [6.07, 6.45) is 3.21. The summed E-state index contributed by atoms with van der Waals surface area (Å²) in [7, 11) is 0. The number of carbonyl (C=O) groups is 1. The Morgan fingerprint density at radius 3 is 2.52 bits per heavy atom. The second-order valence-corrected chi connectivity index (χ2v) is 4.65. The van der Waals surface area contributed by atoms with Crippen molar-refractivity contribution in [3.8, 4) is 0 Å². The Labute approximate surface area is 120 Å². The van der Waals surface area contributed by atoms with Crippen LogP contribution in [-0.2, 0) is 4.79 Å². The van der Waals surface area contributed by atoms with E-state index in [-0.39, 0.29) is 17.8 Å². The van der Waals surface area contributed by atoms with Crippen LogP contribution in [0.3, 0.4) is 0 Å². The molecule has 1 aliphatic heterocycles. The lowest BCUT2D eigenvalue weighted by Gasteiger charge is -2.17. The van der Waals surface area contributed by atoms with Crippen molar-refractivity contribution in [2.75, 3.05) is 5.32 Å². The Bertz CT molecular complexity index is 619. The first-order chi connectivity index (χ1) is 10.2. The minimum Gasteiger partial charge on any atom is -0.325 e. The molecule has 2 unspecified atom stereocenters. The van der Waals surface area contributed by atoms with Gasteiger partial charge in [-0.15, -0.1) is 0 Å². The fourth-order valence-corrected chi connectivity index (χ4v) is 2.18.